The molecule has 0 radical (unpaired) electrons. The van der Waals surface area contributed by atoms with Gasteiger partial charge in [0.25, 0.3) is 5.91 Å². The van der Waals surface area contributed by atoms with Gasteiger partial charge in [0.1, 0.15) is 11.3 Å². The molecule has 1 aromatic heterocycles. The summed E-state index contributed by atoms with van der Waals surface area (Å²) >= 11 is 5.20. The Morgan fingerprint density at radius 2 is 1.59 bits per heavy atom. The minimum atomic E-state index is -0.358. The van der Waals surface area contributed by atoms with Crippen LogP contribution < -0.4 is 20.7 Å². The van der Waals surface area contributed by atoms with E-state index < -0.39 is 0 Å². The van der Waals surface area contributed by atoms with Crippen molar-refractivity contribution >= 4 is 57.6 Å². The number of fused-ring (bicyclic) bond motifs is 1. The van der Waals surface area contributed by atoms with Crippen molar-refractivity contribution in [2.24, 2.45) is 0 Å². The second-order valence-electron chi connectivity index (χ2n) is 7.23. The number of methoxy groups -OCH3 is 1. The van der Waals surface area contributed by atoms with Crippen LogP contribution in [0.5, 0.6) is 5.75 Å². The van der Waals surface area contributed by atoms with E-state index in [0.29, 0.717) is 17.0 Å². The first-order chi connectivity index (χ1) is 16.5. The molecule has 2 amide bonds. The van der Waals surface area contributed by atoms with Crippen LogP contribution in [0.15, 0.2) is 89.4 Å². The Morgan fingerprint density at radius 3 is 2.26 bits per heavy atom. The van der Waals surface area contributed by atoms with Crippen LogP contribution in [-0.2, 0) is 4.79 Å². The molecule has 0 saturated carbocycles. The predicted molar refractivity (Wildman–Crippen MR) is 137 cm³/mol. The number of nitrogens with one attached hydrogen (secondary N) is 3. The Bertz CT molecular complexity index is 1330. The standard InChI is InChI=1S/C26H21N3O4S/c1-32-21-13-6-17(7-14-21)8-15-24(30)29-26(34)28-20-11-9-19(10-12-20)27-25(31)23-16-18-4-2-3-5-22(18)33-23/h2-16H,1H3,(H,27,31)(H2,28,29,30,34)/b15-8+. The lowest BCUT2D eigenvalue weighted by Crippen LogP contribution is -2.32. The van der Waals surface area contributed by atoms with E-state index in [-0.39, 0.29) is 22.7 Å². The van der Waals surface area contributed by atoms with Crippen molar-refractivity contribution in [1.82, 2.24) is 5.32 Å². The predicted octanol–water partition coefficient (Wildman–Crippen LogP) is 5.22. The number of hydrogen-bond donors (Lipinski definition) is 3. The van der Waals surface area contributed by atoms with E-state index in [2.05, 4.69) is 16.0 Å². The molecule has 0 aliphatic heterocycles. The van der Waals surface area contributed by atoms with Crippen LogP contribution in [0.1, 0.15) is 16.1 Å². The van der Waals surface area contributed by atoms with Gasteiger partial charge in [-0.1, -0.05) is 30.3 Å². The van der Waals surface area contributed by atoms with Crippen molar-refractivity contribution in [1.29, 1.82) is 0 Å². The Labute approximate surface area is 201 Å². The molecule has 4 rings (SSSR count). The van der Waals surface area contributed by atoms with Gasteiger partial charge in [-0.05, 0) is 72.4 Å². The van der Waals surface area contributed by atoms with Crippen LogP contribution in [-0.4, -0.2) is 24.0 Å². The summed E-state index contributed by atoms with van der Waals surface area (Å²) < 4.78 is 10.7. The Morgan fingerprint density at radius 1 is 0.912 bits per heavy atom. The molecule has 3 aromatic carbocycles. The van der Waals surface area contributed by atoms with E-state index in [1.807, 2.05) is 48.5 Å². The first-order valence-electron chi connectivity index (χ1n) is 10.3. The van der Waals surface area contributed by atoms with Gasteiger partial charge in [0.15, 0.2) is 10.9 Å². The largest absolute Gasteiger partial charge is 0.497 e. The molecule has 0 saturated heterocycles. The maximum absolute atomic E-state index is 12.5. The van der Waals surface area contributed by atoms with Crippen molar-refractivity contribution in [3.63, 3.8) is 0 Å². The van der Waals surface area contributed by atoms with Gasteiger partial charge < -0.3 is 19.8 Å². The molecule has 170 valence electrons. The number of amides is 2. The van der Waals surface area contributed by atoms with Crippen LogP contribution in [0.4, 0.5) is 11.4 Å². The van der Waals surface area contributed by atoms with Gasteiger partial charge >= 0.3 is 0 Å². The second-order valence-corrected chi connectivity index (χ2v) is 7.64. The number of carbonyl (C=O) groups is 2. The van der Waals surface area contributed by atoms with E-state index in [4.69, 9.17) is 21.4 Å². The molecule has 7 nitrogen and oxygen atoms in total. The zero-order valence-corrected chi connectivity index (χ0v) is 19.0. The minimum absolute atomic E-state index is 0.156. The zero-order chi connectivity index (χ0) is 23.9. The van der Waals surface area contributed by atoms with Gasteiger partial charge in [-0.15, -0.1) is 0 Å². The van der Waals surface area contributed by atoms with Crippen molar-refractivity contribution in [2.75, 3.05) is 17.7 Å². The molecule has 8 heteroatoms. The van der Waals surface area contributed by atoms with Crippen LogP contribution in [0, 0.1) is 0 Å². The lowest BCUT2D eigenvalue weighted by Gasteiger charge is -2.09. The fourth-order valence-corrected chi connectivity index (χ4v) is 3.34. The number of para-hydroxylation sites is 1. The molecule has 0 unspecified atom stereocenters. The van der Waals surface area contributed by atoms with Crippen LogP contribution in [0.25, 0.3) is 17.0 Å². The van der Waals surface area contributed by atoms with Crippen LogP contribution in [0.2, 0.25) is 0 Å². The molecular weight excluding hydrogens is 450 g/mol. The van der Waals surface area contributed by atoms with Crippen molar-refractivity contribution in [2.45, 2.75) is 0 Å². The highest BCUT2D eigenvalue weighted by Crippen LogP contribution is 2.20. The van der Waals surface area contributed by atoms with Gasteiger partial charge in [-0.25, -0.2) is 0 Å². The molecule has 34 heavy (non-hydrogen) atoms. The molecular formula is C26H21N3O4S. The van der Waals surface area contributed by atoms with Crippen LogP contribution >= 0.6 is 12.2 Å². The smallest absolute Gasteiger partial charge is 0.291 e. The fourth-order valence-electron chi connectivity index (χ4n) is 3.13. The van der Waals surface area contributed by atoms with Crippen LogP contribution in [0.3, 0.4) is 0 Å². The Balaban J connectivity index is 1.28. The van der Waals surface area contributed by atoms with E-state index in [1.54, 1.807) is 43.5 Å². The summed E-state index contributed by atoms with van der Waals surface area (Å²) in [7, 11) is 1.60. The van der Waals surface area contributed by atoms with Gasteiger partial charge in [-0.3, -0.25) is 14.9 Å². The SMILES string of the molecule is COc1ccc(/C=C/C(=O)NC(=S)Nc2ccc(NC(=O)c3cc4ccccc4o3)cc2)cc1. The summed E-state index contributed by atoms with van der Waals surface area (Å²) in [5, 5.41) is 9.33. The summed E-state index contributed by atoms with van der Waals surface area (Å²) in [6.45, 7) is 0. The topological polar surface area (TPSA) is 92.6 Å². The lowest BCUT2D eigenvalue weighted by atomic mass is 10.2. The quantitative estimate of drug-likeness (QED) is 0.264. The molecule has 0 aliphatic carbocycles. The first-order valence-corrected chi connectivity index (χ1v) is 10.7. The maximum atomic E-state index is 12.5. The third-order valence-electron chi connectivity index (χ3n) is 4.83. The van der Waals surface area contributed by atoms with Gasteiger partial charge in [0.2, 0.25) is 5.91 Å². The monoisotopic (exact) mass is 471 g/mol. The normalized spacial score (nSPS) is 10.7. The van der Waals surface area contributed by atoms with Crippen molar-refractivity contribution in [3.05, 3.63) is 96.3 Å². The number of benzene rings is 3. The molecule has 4 aromatic rings. The van der Waals surface area contributed by atoms with E-state index in [9.17, 15) is 9.59 Å². The first kappa shape index (κ1) is 22.8. The highest BCUT2D eigenvalue weighted by atomic mass is 32.1. The maximum Gasteiger partial charge on any atom is 0.291 e. The molecule has 0 bridgehead atoms. The third-order valence-corrected chi connectivity index (χ3v) is 5.03. The number of thiocarbonyl (C=S) groups is 1. The number of furan rings is 1. The summed E-state index contributed by atoms with van der Waals surface area (Å²) in [5.41, 5.74) is 2.76. The van der Waals surface area contributed by atoms with E-state index in [0.717, 1.165) is 16.7 Å². The third kappa shape index (κ3) is 5.87. The number of rotatable bonds is 6. The number of hydrogen-bond acceptors (Lipinski definition) is 5. The van der Waals surface area contributed by atoms with Gasteiger partial charge in [-0.2, -0.15) is 0 Å². The summed E-state index contributed by atoms with van der Waals surface area (Å²) in [6, 6.07) is 23.3. The minimum Gasteiger partial charge on any atom is -0.497 e. The Hall–Kier alpha value is -4.43. The average molecular weight is 472 g/mol. The zero-order valence-electron chi connectivity index (χ0n) is 18.2. The Kier molecular flexibility index (Phi) is 7.00. The van der Waals surface area contributed by atoms with Crippen molar-refractivity contribution < 1.29 is 18.7 Å². The lowest BCUT2D eigenvalue weighted by molar-refractivity contribution is -0.115. The van der Waals surface area contributed by atoms with E-state index in [1.165, 1.54) is 6.08 Å². The van der Waals surface area contributed by atoms with E-state index >= 15 is 0 Å². The summed E-state index contributed by atoms with van der Waals surface area (Å²) in [5.74, 6) is 0.272. The molecule has 1 heterocycles. The number of ether oxygens (including phenoxy) is 1. The molecule has 0 aliphatic rings. The van der Waals surface area contributed by atoms with Gasteiger partial charge in [0.05, 0.1) is 7.11 Å². The second kappa shape index (κ2) is 10.5. The van der Waals surface area contributed by atoms with Gasteiger partial charge in [0, 0.05) is 22.8 Å². The highest BCUT2D eigenvalue weighted by Gasteiger charge is 2.12. The average Bonchev–Trinajstić information content (AvgIpc) is 3.29. The molecule has 0 fully saturated rings. The number of carbonyl (C=O) groups excluding carboxylic acids is 2. The molecule has 3 N–H and O–H groups in total. The molecule has 0 spiro atoms. The molecule has 0 atom stereocenters. The highest BCUT2D eigenvalue weighted by molar-refractivity contribution is 7.80. The number of anilines is 2. The fraction of sp³-hybridized carbons (Fsp3) is 0.0385. The summed E-state index contributed by atoms with van der Waals surface area (Å²) in [6.07, 6.45) is 3.07. The van der Waals surface area contributed by atoms with Crippen molar-refractivity contribution in [3.8, 4) is 5.75 Å². The summed E-state index contributed by atoms with van der Waals surface area (Å²) in [4.78, 5) is 24.6.